The molecule has 0 aromatic rings. The number of hydrogen-bond donors (Lipinski definition) is 0. The van der Waals surface area contributed by atoms with Crippen molar-refractivity contribution in [2.24, 2.45) is 0 Å². The Kier molecular flexibility index (Phi) is 9.75. The van der Waals surface area contributed by atoms with Crippen molar-refractivity contribution in [1.29, 1.82) is 0 Å². The van der Waals surface area contributed by atoms with E-state index in [-0.39, 0.29) is 0 Å². The van der Waals surface area contributed by atoms with Gasteiger partial charge in [0.15, 0.2) is 0 Å². The zero-order valence-electron chi connectivity index (χ0n) is 5.60. The van der Waals surface area contributed by atoms with Gasteiger partial charge in [-0.05, 0) is 0 Å². The van der Waals surface area contributed by atoms with Gasteiger partial charge in [-0.1, -0.05) is 0 Å². The van der Waals surface area contributed by atoms with Crippen LogP contribution in [0.2, 0.25) is 0 Å². The van der Waals surface area contributed by atoms with Crippen LogP contribution in [0.25, 0.3) is 0 Å². The molecule has 0 spiro atoms. The fourth-order valence-corrected chi connectivity index (χ4v) is 0.366. The summed E-state index contributed by atoms with van der Waals surface area (Å²) in [6.45, 7) is 11.5. The van der Waals surface area contributed by atoms with Crippen molar-refractivity contribution in [3.8, 4) is 0 Å². The topological polar surface area (TPSA) is 17.1 Å². The Balaban J connectivity index is 3.55. The second-order valence-electron chi connectivity index (χ2n) is 1.48. The van der Waals surface area contributed by atoms with E-state index in [4.69, 9.17) is 7.37 Å². The Morgan fingerprint density at radius 3 is 1.80 bits per heavy atom. The second kappa shape index (κ2) is 9.38. The third kappa shape index (κ3) is 8.38. The first kappa shape index (κ1) is 10.4. The van der Waals surface area contributed by atoms with Crippen molar-refractivity contribution < 1.29 is 4.70 Å². The molecular formula is B9O. The molecule has 0 unspecified atom stereocenters. The summed E-state index contributed by atoms with van der Waals surface area (Å²) in [6.07, 6.45) is 0. The van der Waals surface area contributed by atoms with Gasteiger partial charge in [0.25, 0.3) is 0 Å². The summed E-state index contributed by atoms with van der Waals surface area (Å²) in [5, 5.41) is 0. The van der Waals surface area contributed by atoms with Gasteiger partial charge in [-0.15, -0.1) is 0 Å². The first-order valence-electron chi connectivity index (χ1n) is 2.90. The van der Waals surface area contributed by atoms with Crippen molar-refractivity contribution in [3.05, 3.63) is 0 Å². The third-order valence-corrected chi connectivity index (χ3v) is 0.745. The van der Waals surface area contributed by atoms with Crippen LogP contribution in [0, 0.1) is 0 Å². The van der Waals surface area contributed by atoms with Gasteiger partial charge >= 0.3 is 66.0 Å². The summed E-state index contributed by atoms with van der Waals surface area (Å²) < 4.78 is 9.73. The molecule has 10 heteroatoms. The van der Waals surface area contributed by atoms with Crippen molar-refractivity contribution in [3.63, 3.8) is 0 Å². The Labute approximate surface area is 66.5 Å². The monoisotopic (exact) mass is 115 g/mol. The van der Waals surface area contributed by atoms with E-state index in [9.17, 15) is 4.70 Å². The van der Waals surface area contributed by atoms with Crippen molar-refractivity contribution in [1.82, 2.24) is 0 Å². The third-order valence-electron chi connectivity index (χ3n) is 0.745. The quantitative estimate of drug-likeness (QED) is 0.345. The Morgan fingerprint density at radius 1 is 0.800 bits per heavy atom. The molecule has 1 radical (unpaired) electrons. The van der Waals surface area contributed by atoms with Crippen LogP contribution in [0.5, 0.6) is 0 Å². The van der Waals surface area contributed by atoms with E-state index < -0.39 is 0 Å². The van der Waals surface area contributed by atoms with Crippen LogP contribution in [-0.4, -0.2) is 61.3 Å². The average Bonchev–Trinajstić information content (AvgIpc) is 1.97. The van der Waals surface area contributed by atoms with E-state index in [1.165, 1.54) is 13.4 Å². The second-order valence-corrected chi connectivity index (χ2v) is 1.48. The molecule has 0 aliphatic heterocycles. The molecule has 10 heavy (non-hydrogen) atoms. The van der Waals surface area contributed by atoms with Gasteiger partial charge in [0.1, 0.15) is 0 Å². The molecule has 0 atom stereocenters. The molecule has 0 heterocycles. The normalized spacial score (nSPS) is 5.90. The van der Waals surface area contributed by atoms with Crippen molar-refractivity contribution in [2.45, 2.75) is 0 Å². The Morgan fingerprint density at radius 2 is 1.30 bits per heavy atom. The zero-order chi connectivity index (χ0) is 7.66. The maximum absolute atomic E-state index is 9.73. The zero-order valence-corrected chi connectivity index (χ0v) is 5.60. The summed E-state index contributed by atoms with van der Waals surface area (Å²) in [6, 6.07) is 0. The molecule has 0 bridgehead atoms. The number of rotatable bonds is 4. The molecule has 0 fully saturated rings. The molecule has 0 N–H and O–H groups in total. The van der Waals surface area contributed by atoms with Crippen molar-refractivity contribution in [2.75, 3.05) is 0 Å². The van der Waals surface area contributed by atoms with Crippen LogP contribution in [0.1, 0.15) is 0 Å². The summed E-state index contributed by atoms with van der Waals surface area (Å²) in [5.41, 5.74) is 0. The fraction of sp³-hybridized carbons (Fsp3) is 0. The SMILES string of the molecule is [B]=BB=BB=BB=BB=O. The fourth-order valence-electron chi connectivity index (χ4n) is 0.366. The molecule has 0 amide bonds. The van der Waals surface area contributed by atoms with Gasteiger partial charge in [0.2, 0.25) is 0 Å². The average molecular weight is 113 g/mol. The maximum atomic E-state index is 9.73. The van der Waals surface area contributed by atoms with Gasteiger partial charge < -0.3 is 0 Å². The first-order chi connectivity index (χ1) is 4.91. The van der Waals surface area contributed by atoms with E-state index in [0.717, 1.165) is 7.04 Å². The summed E-state index contributed by atoms with van der Waals surface area (Å²) in [4.78, 5) is 0. The molecular weight excluding hydrogens is 113 g/mol. The van der Waals surface area contributed by atoms with Crippen LogP contribution in [0.4, 0.5) is 0 Å². The number of hydrogen-bond acceptors (Lipinski definition) is 1. The van der Waals surface area contributed by atoms with Gasteiger partial charge in [-0.25, -0.2) is 0 Å². The molecule has 0 aliphatic carbocycles. The standard InChI is InChI=1S/B9O/c1-2-3-4-5-6-7-8-9-10. The molecule has 1 nitrogen and oxygen atoms in total. The van der Waals surface area contributed by atoms with E-state index in [2.05, 4.69) is 0 Å². The molecule has 0 saturated heterocycles. The molecule has 0 saturated carbocycles. The first-order valence-corrected chi connectivity index (χ1v) is 2.90. The molecule has 0 aromatic heterocycles. The van der Waals surface area contributed by atoms with Crippen molar-refractivity contribution >= 4 is 61.3 Å². The van der Waals surface area contributed by atoms with Crippen LogP contribution in [-0.2, 0) is 4.70 Å². The van der Waals surface area contributed by atoms with Crippen LogP contribution >= 0.6 is 0 Å². The van der Waals surface area contributed by atoms with E-state index in [0.29, 0.717) is 0 Å². The predicted molar refractivity (Wildman–Crippen MR) is 52.5 cm³/mol. The summed E-state index contributed by atoms with van der Waals surface area (Å²) in [7, 11) is 5.77. The predicted octanol–water partition coefficient (Wildman–Crippen LogP) is -3.55. The van der Waals surface area contributed by atoms with Crippen LogP contribution in [0.3, 0.4) is 0 Å². The van der Waals surface area contributed by atoms with Gasteiger partial charge in [-0.3, -0.25) is 0 Å². The summed E-state index contributed by atoms with van der Waals surface area (Å²) >= 11 is 0. The van der Waals surface area contributed by atoms with Gasteiger partial charge in [0, 0.05) is 0 Å². The van der Waals surface area contributed by atoms with E-state index >= 15 is 0 Å². The van der Waals surface area contributed by atoms with Gasteiger partial charge in [0.05, 0.1) is 0 Å². The van der Waals surface area contributed by atoms with Crippen LogP contribution < -0.4 is 0 Å². The summed E-state index contributed by atoms with van der Waals surface area (Å²) in [5.74, 6) is 0. The molecule has 33 valence electrons. The molecule has 0 rings (SSSR count). The Bertz CT molecular complexity index is 153. The van der Waals surface area contributed by atoms with Gasteiger partial charge in [-0.2, -0.15) is 0 Å². The minimum atomic E-state index is 0.725. The molecule has 0 aromatic carbocycles. The van der Waals surface area contributed by atoms with E-state index in [1.807, 2.05) is 0 Å². The molecule has 0 aliphatic rings. The van der Waals surface area contributed by atoms with E-state index in [1.54, 1.807) is 33.5 Å². The van der Waals surface area contributed by atoms with Crippen LogP contribution in [0.15, 0.2) is 0 Å². The Hall–Kier alpha value is 0.384. The minimum absolute atomic E-state index is 0.725.